The minimum absolute atomic E-state index is 0.00600. The normalized spacial score (nSPS) is 19.6. The van der Waals surface area contributed by atoms with Crippen LogP contribution in [0.25, 0.3) is 0 Å². The monoisotopic (exact) mass is 290 g/mol. The molecule has 0 bridgehead atoms. The van der Waals surface area contributed by atoms with E-state index in [0.717, 1.165) is 11.5 Å². The van der Waals surface area contributed by atoms with Crippen molar-refractivity contribution in [2.75, 3.05) is 22.6 Å². The van der Waals surface area contributed by atoms with E-state index in [9.17, 15) is 13.2 Å². The summed E-state index contributed by atoms with van der Waals surface area (Å²) < 4.78 is 26.5. The van der Waals surface area contributed by atoms with Crippen LogP contribution in [0.2, 0.25) is 0 Å². The number of hydrogen-bond donors (Lipinski definition) is 3. The van der Waals surface area contributed by atoms with Crippen LogP contribution in [0.5, 0.6) is 0 Å². The van der Waals surface area contributed by atoms with Gasteiger partial charge in [-0.05, 0) is 24.4 Å². The van der Waals surface area contributed by atoms with Gasteiger partial charge in [0.05, 0.1) is 11.5 Å². The first-order valence-corrected chi connectivity index (χ1v) is 8.00. The van der Waals surface area contributed by atoms with Gasteiger partial charge in [-0.1, -0.05) is 0 Å². The summed E-state index contributed by atoms with van der Waals surface area (Å²) in [5.41, 5.74) is 11.0. The molecule has 1 saturated heterocycles. The minimum atomic E-state index is -2.90. The first-order valence-electron chi connectivity index (χ1n) is 5.41. The third-order valence-electron chi connectivity index (χ3n) is 2.85. The van der Waals surface area contributed by atoms with Crippen LogP contribution in [0.3, 0.4) is 0 Å². The highest BCUT2D eigenvalue weighted by Crippen LogP contribution is 2.28. The Morgan fingerprint density at radius 3 is 2.56 bits per heavy atom. The number of amides is 1. The Balaban J connectivity index is 2.09. The predicted molar refractivity (Wildman–Crippen MR) is 70.3 cm³/mol. The predicted octanol–water partition coefficient (Wildman–Crippen LogP) is -0.187. The molecule has 0 spiro atoms. The second-order valence-electron chi connectivity index (χ2n) is 4.21. The average Bonchev–Trinajstić information content (AvgIpc) is 2.63. The topological polar surface area (TPSA) is 128 Å². The average molecular weight is 290 g/mol. The van der Waals surface area contributed by atoms with E-state index in [2.05, 4.69) is 9.69 Å². The molecule has 0 saturated carbocycles. The highest BCUT2D eigenvalue weighted by Gasteiger charge is 2.26. The first kappa shape index (κ1) is 13.1. The van der Waals surface area contributed by atoms with Crippen LogP contribution in [0, 0.1) is 0 Å². The molecule has 0 aliphatic carbocycles. The summed E-state index contributed by atoms with van der Waals surface area (Å²) in [6.07, 6.45) is 1.02. The van der Waals surface area contributed by atoms with Gasteiger partial charge in [0.2, 0.25) is 0 Å². The minimum Gasteiger partial charge on any atom is -0.382 e. The number of nitrogens with zero attached hydrogens (tertiary/aromatic N) is 1. The van der Waals surface area contributed by atoms with Crippen LogP contribution >= 0.6 is 11.5 Å². The van der Waals surface area contributed by atoms with Gasteiger partial charge in [-0.25, -0.2) is 8.42 Å². The summed E-state index contributed by atoms with van der Waals surface area (Å²) in [4.78, 5) is 11.2. The van der Waals surface area contributed by atoms with E-state index in [0.29, 0.717) is 17.8 Å². The molecule has 1 aromatic heterocycles. The molecule has 18 heavy (non-hydrogen) atoms. The van der Waals surface area contributed by atoms with Gasteiger partial charge in [-0.15, -0.1) is 0 Å². The summed E-state index contributed by atoms with van der Waals surface area (Å²) in [5, 5.41) is 3.62. The Morgan fingerprint density at radius 1 is 1.39 bits per heavy atom. The molecule has 9 heteroatoms. The molecule has 1 amide bonds. The summed E-state index contributed by atoms with van der Waals surface area (Å²) >= 11 is 1.06. The van der Waals surface area contributed by atoms with Crippen molar-refractivity contribution in [3.8, 4) is 0 Å². The highest BCUT2D eigenvalue weighted by molar-refractivity contribution is 7.91. The molecule has 7 nitrogen and oxygen atoms in total. The molecule has 0 radical (unpaired) electrons. The molecule has 2 heterocycles. The van der Waals surface area contributed by atoms with Crippen molar-refractivity contribution in [2.24, 2.45) is 5.73 Å². The zero-order chi connectivity index (χ0) is 13.3. The standard InChI is InChI=1S/C9H14N4O3S2/c10-7-6(8(11)14)9(17-13-7)12-5-1-3-18(15,16)4-2-5/h5,12H,1-4H2,(H2,10,13)(H2,11,14). The van der Waals surface area contributed by atoms with E-state index in [1.54, 1.807) is 0 Å². The summed E-state index contributed by atoms with van der Waals surface area (Å²) in [5.74, 6) is -0.207. The van der Waals surface area contributed by atoms with Crippen molar-refractivity contribution in [2.45, 2.75) is 18.9 Å². The number of nitrogen functional groups attached to an aromatic ring is 1. The Labute approximate surface area is 109 Å². The number of nitrogens with one attached hydrogen (secondary N) is 1. The van der Waals surface area contributed by atoms with Gasteiger partial charge in [0.25, 0.3) is 5.91 Å². The van der Waals surface area contributed by atoms with E-state index < -0.39 is 15.7 Å². The van der Waals surface area contributed by atoms with Gasteiger partial charge in [0, 0.05) is 6.04 Å². The Kier molecular flexibility index (Phi) is 3.44. The number of sulfone groups is 1. The second kappa shape index (κ2) is 4.73. The van der Waals surface area contributed by atoms with Gasteiger partial charge in [-0.3, -0.25) is 4.79 Å². The lowest BCUT2D eigenvalue weighted by atomic mass is 10.1. The van der Waals surface area contributed by atoms with E-state index in [-0.39, 0.29) is 28.9 Å². The molecular formula is C9H14N4O3S2. The van der Waals surface area contributed by atoms with Crippen LogP contribution in [-0.2, 0) is 9.84 Å². The Bertz CT molecular complexity index is 552. The number of hydrogen-bond acceptors (Lipinski definition) is 7. The zero-order valence-electron chi connectivity index (χ0n) is 9.55. The Hall–Kier alpha value is -1.35. The molecule has 1 aliphatic rings. The quantitative estimate of drug-likeness (QED) is 0.708. The molecule has 2 rings (SSSR count). The molecular weight excluding hydrogens is 276 g/mol. The van der Waals surface area contributed by atoms with Gasteiger partial charge in [0.15, 0.2) is 5.82 Å². The van der Waals surface area contributed by atoms with E-state index in [1.807, 2.05) is 0 Å². The summed E-state index contributed by atoms with van der Waals surface area (Å²) in [6.45, 7) is 0. The van der Waals surface area contributed by atoms with Gasteiger partial charge in [-0.2, -0.15) is 4.37 Å². The molecule has 100 valence electrons. The number of aromatic nitrogens is 1. The molecule has 5 N–H and O–H groups in total. The van der Waals surface area contributed by atoms with Crippen molar-refractivity contribution in [1.29, 1.82) is 0 Å². The van der Waals surface area contributed by atoms with Crippen LogP contribution in [-0.4, -0.2) is 36.2 Å². The number of carbonyl (C=O) groups is 1. The van der Waals surface area contributed by atoms with Crippen molar-refractivity contribution in [3.05, 3.63) is 5.56 Å². The highest BCUT2D eigenvalue weighted by atomic mass is 32.2. The fraction of sp³-hybridized carbons (Fsp3) is 0.556. The molecule has 0 atom stereocenters. The Morgan fingerprint density at radius 2 is 2.00 bits per heavy atom. The van der Waals surface area contributed by atoms with Gasteiger partial charge >= 0.3 is 0 Å². The zero-order valence-corrected chi connectivity index (χ0v) is 11.2. The number of nitrogens with two attached hydrogens (primary N) is 2. The van der Waals surface area contributed by atoms with Crippen LogP contribution in [0.4, 0.5) is 10.8 Å². The molecule has 1 fully saturated rings. The third-order valence-corrected chi connectivity index (χ3v) is 5.36. The molecule has 0 aromatic carbocycles. The lowest BCUT2D eigenvalue weighted by Gasteiger charge is -2.23. The van der Waals surface area contributed by atoms with E-state index in [1.165, 1.54) is 0 Å². The fourth-order valence-corrected chi connectivity index (χ4v) is 4.15. The maximum Gasteiger partial charge on any atom is 0.255 e. The lowest BCUT2D eigenvalue weighted by molar-refractivity contribution is 0.100. The summed E-state index contributed by atoms with van der Waals surface area (Å²) in [7, 11) is -2.90. The molecule has 1 aliphatic heterocycles. The van der Waals surface area contributed by atoms with Gasteiger partial charge < -0.3 is 16.8 Å². The smallest absolute Gasteiger partial charge is 0.255 e. The molecule has 1 aromatic rings. The largest absolute Gasteiger partial charge is 0.382 e. The lowest BCUT2D eigenvalue weighted by Crippen LogP contribution is -2.32. The van der Waals surface area contributed by atoms with Crippen molar-refractivity contribution < 1.29 is 13.2 Å². The number of rotatable bonds is 3. The van der Waals surface area contributed by atoms with Crippen molar-refractivity contribution in [1.82, 2.24) is 4.37 Å². The van der Waals surface area contributed by atoms with Crippen LogP contribution in [0.1, 0.15) is 23.2 Å². The number of anilines is 2. The maximum absolute atomic E-state index is 11.3. The summed E-state index contributed by atoms with van der Waals surface area (Å²) in [6, 6.07) is 0.00600. The van der Waals surface area contributed by atoms with Crippen LogP contribution < -0.4 is 16.8 Å². The van der Waals surface area contributed by atoms with Crippen molar-refractivity contribution in [3.63, 3.8) is 0 Å². The van der Waals surface area contributed by atoms with Crippen molar-refractivity contribution >= 4 is 38.1 Å². The second-order valence-corrected chi connectivity index (χ2v) is 7.28. The fourth-order valence-electron chi connectivity index (χ4n) is 1.86. The molecule has 0 unspecified atom stereocenters. The van der Waals surface area contributed by atoms with E-state index in [4.69, 9.17) is 11.5 Å². The van der Waals surface area contributed by atoms with Gasteiger partial charge in [0.1, 0.15) is 20.4 Å². The third kappa shape index (κ3) is 2.72. The van der Waals surface area contributed by atoms with E-state index >= 15 is 0 Å². The first-order chi connectivity index (χ1) is 8.39. The maximum atomic E-state index is 11.3. The number of primary amides is 1. The number of carbonyl (C=O) groups excluding carboxylic acids is 1. The SMILES string of the molecule is NC(=O)c1c(N)nsc1NC1CCS(=O)(=O)CC1. The van der Waals surface area contributed by atoms with Crippen LogP contribution in [0.15, 0.2) is 0 Å².